The zero-order valence-corrected chi connectivity index (χ0v) is 12.9. The Morgan fingerprint density at radius 2 is 2.11 bits per heavy atom. The molecule has 0 bridgehead atoms. The van der Waals surface area contributed by atoms with Gasteiger partial charge in [-0.2, -0.15) is 17.0 Å². The maximum atomic E-state index is 12.6. The van der Waals surface area contributed by atoms with Gasteiger partial charge >= 0.3 is 0 Å². The first-order valence-electron chi connectivity index (χ1n) is 6.91. The molecule has 19 heavy (non-hydrogen) atoms. The van der Waals surface area contributed by atoms with Crippen LogP contribution in [0.4, 0.5) is 0 Å². The van der Waals surface area contributed by atoms with Gasteiger partial charge in [0.05, 0.1) is 6.54 Å². The lowest BCUT2D eigenvalue weighted by Gasteiger charge is -2.36. The molecule has 0 aromatic carbocycles. The molecule has 1 N–H and O–H groups in total. The third kappa shape index (κ3) is 4.15. The molecule has 112 valence electrons. The van der Waals surface area contributed by atoms with Crippen molar-refractivity contribution in [1.82, 2.24) is 13.9 Å². The van der Waals surface area contributed by atoms with Gasteiger partial charge < -0.3 is 5.32 Å². The largest absolute Gasteiger partial charge is 0.358 e. The number of nitrogens with one attached hydrogen (secondary N) is 1. The van der Waals surface area contributed by atoms with Crippen molar-refractivity contribution in [1.29, 1.82) is 0 Å². The van der Waals surface area contributed by atoms with Crippen LogP contribution in [0.25, 0.3) is 0 Å². The van der Waals surface area contributed by atoms with Gasteiger partial charge in [0.2, 0.25) is 5.91 Å². The topological polar surface area (TPSA) is 69.7 Å². The number of hydrogen-bond donors (Lipinski definition) is 1. The molecule has 6 nitrogen and oxygen atoms in total. The highest BCUT2D eigenvalue weighted by atomic mass is 32.2. The number of amides is 1. The highest BCUT2D eigenvalue weighted by Gasteiger charge is 2.34. The van der Waals surface area contributed by atoms with Crippen LogP contribution < -0.4 is 5.32 Å². The maximum absolute atomic E-state index is 12.6. The summed E-state index contributed by atoms with van der Waals surface area (Å²) in [5.74, 6) is -0.276. The fourth-order valence-corrected chi connectivity index (χ4v) is 4.24. The molecule has 0 radical (unpaired) electrons. The van der Waals surface area contributed by atoms with Gasteiger partial charge in [-0.3, -0.25) is 4.79 Å². The van der Waals surface area contributed by atoms with E-state index in [1.165, 1.54) is 15.7 Å². The molecule has 1 fully saturated rings. The zero-order chi connectivity index (χ0) is 14.5. The van der Waals surface area contributed by atoms with Crippen LogP contribution >= 0.6 is 0 Å². The van der Waals surface area contributed by atoms with Crippen LogP contribution in [0.2, 0.25) is 0 Å². The first-order chi connectivity index (χ1) is 8.93. The van der Waals surface area contributed by atoms with Crippen molar-refractivity contribution in [2.24, 2.45) is 0 Å². The van der Waals surface area contributed by atoms with Crippen LogP contribution in [0.3, 0.4) is 0 Å². The van der Waals surface area contributed by atoms with Gasteiger partial charge in [0.1, 0.15) is 0 Å². The van der Waals surface area contributed by atoms with Crippen LogP contribution in [0.1, 0.15) is 39.5 Å². The number of likely N-dealkylation sites (N-methyl/N-ethyl adjacent to an activating group) is 1. The molecule has 0 aromatic heterocycles. The average Bonchev–Trinajstić information content (AvgIpc) is 2.38. The summed E-state index contributed by atoms with van der Waals surface area (Å²) in [6.07, 6.45) is 3.54. The number of hydrogen-bond acceptors (Lipinski definition) is 3. The molecule has 1 aliphatic heterocycles. The highest BCUT2D eigenvalue weighted by Crippen LogP contribution is 2.22. The molecular formula is C12H25N3O3S. The van der Waals surface area contributed by atoms with Crippen molar-refractivity contribution in [3.63, 3.8) is 0 Å². The van der Waals surface area contributed by atoms with Gasteiger partial charge in [-0.25, -0.2) is 0 Å². The third-order valence-electron chi connectivity index (χ3n) is 3.44. The van der Waals surface area contributed by atoms with Crippen LogP contribution in [-0.2, 0) is 15.0 Å². The number of carbonyl (C=O) groups is 1. The summed E-state index contributed by atoms with van der Waals surface area (Å²) in [5.41, 5.74) is 0. The Hall–Kier alpha value is -0.660. The summed E-state index contributed by atoms with van der Waals surface area (Å²) < 4.78 is 28.0. The molecule has 1 rings (SSSR count). The lowest BCUT2D eigenvalue weighted by Crippen LogP contribution is -2.52. The second-order valence-electron chi connectivity index (χ2n) is 4.97. The van der Waals surface area contributed by atoms with E-state index in [1.54, 1.807) is 0 Å². The van der Waals surface area contributed by atoms with Gasteiger partial charge in [-0.15, -0.1) is 0 Å². The molecule has 1 aliphatic rings. The summed E-state index contributed by atoms with van der Waals surface area (Å²) in [4.78, 5) is 11.5. The Morgan fingerprint density at radius 3 is 2.63 bits per heavy atom. The van der Waals surface area contributed by atoms with Crippen molar-refractivity contribution < 1.29 is 13.2 Å². The third-order valence-corrected chi connectivity index (χ3v) is 5.54. The fraction of sp³-hybridized carbons (Fsp3) is 0.917. The normalized spacial score (nSPS) is 21.6. The van der Waals surface area contributed by atoms with Gasteiger partial charge in [0.15, 0.2) is 0 Å². The predicted octanol–water partition coefficient (Wildman–Crippen LogP) is 0.564. The minimum Gasteiger partial charge on any atom is -0.358 e. The van der Waals surface area contributed by atoms with E-state index in [4.69, 9.17) is 0 Å². The van der Waals surface area contributed by atoms with E-state index in [0.717, 1.165) is 19.3 Å². The van der Waals surface area contributed by atoms with Crippen molar-refractivity contribution in [3.8, 4) is 0 Å². The smallest absolute Gasteiger partial charge is 0.282 e. The lowest BCUT2D eigenvalue weighted by molar-refractivity contribution is -0.120. The van der Waals surface area contributed by atoms with Crippen molar-refractivity contribution in [3.05, 3.63) is 0 Å². The Labute approximate surface area is 116 Å². The molecule has 0 saturated carbocycles. The summed E-state index contributed by atoms with van der Waals surface area (Å²) >= 11 is 0. The number of nitrogens with zero attached hydrogens (tertiary/aromatic N) is 2. The van der Waals surface area contributed by atoms with Gasteiger partial charge in [-0.1, -0.05) is 13.3 Å². The minimum atomic E-state index is -3.53. The van der Waals surface area contributed by atoms with E-state index in [2.05, 4.69) is 5.32 Å². The van der Waals surface area contributed by atoms with Gasteiger partial charge in [0, 0.05) is 26.2 Å². The molecule has 0 aliphatic carbocycles. The monoisotopic (exact) mass is 291 g/mol. The van der Waals surface area contributed by atoms with E-state index >= 15 is 0 Å². The molecule has 1 saturated heterocycles. The molecular weight excluding hydrogens is 266 g/mol. The highest BCUT2D eigenvalue weighted by molar-refractivity contribution is 7.86. The van der Waals surface area contributed by atoms with E-state index in [1.807, 2.05) is 13.8 Å². The first kappa shape index (κ1) is 16.4. The minimum absolute atomic E-state index is 0.0165. The van der Waals surface area contributed by atoms with Crippen LogP contribution in [-0.4, -0.2) is 55.7 Å². The molecule has 1 amide bonds. The number of carbonyl (C=O) groups excluding carboxylic acids is 1. The first-order valence-corrected chi connectivity index (χ1v) is 8.30. The molecule has 7 heteroatoms. The zero-order valence-electron chi connectivity index (χ0n) is 12.1. The Kier molecular flexibility index (Phi) is 6.22. The second kappa shape index (κ2) is 7.21. The lowest BCUT2D eigenvalue weighted by atomic mass is 10.1. The van der Waals surface area contributed by atoms with Crippen molar-refractivity contribution >= 4 is 16.1 Å². The second-order valence-corrected chi connectivity index (χ2v) is 6.85. The van der Waals surface area contributed by atoms with E-state index < -0.39 is 10.2 Å². The summed E-state index contributed by atoms with van der Waals surface area (Å²) in [6, 6.07) is 0.0165. The fourth-order valence-electron chi connectivity index (χ4n) is 2.33. The summed E-state index contributed by atoms with van der Waals surface area (Å²) in [5, 5.41) is 2.48. The quantitative estimate of drug-likeness (QED) is 0.777. The van der Waals surface area contributed by atoms with Crippen molar-refractivity contribution in [2.75, 3.05) is 26.7 Å². The molecule has 1 unspecified atom stereocenters. The maximum Gasteiger partial charge on any atom is 0.282 e. The van der Waals surface area contributed by atoms with E-state index in [-0.39, 0.29) is 18.5 Å². The number of rotatable bonds is 6. The summed E-state index contributed by atoms with van der Waals surface area (Å²) in [6.45, 7) is 4.67. The van der Waals surface area contributed by atoms with Crippen LogP contribution in [0.5, 0.6) is 0 Å². The Balaban J connectivity index is 2.88. The summed E-state index contributed by atoms with van der Waals surface area (Å²) in [7, 11) is -2.02. The van der Waals surface area contributed by atoms with E-state index in [9.17, 15) is 13.2 Å². The SMILES string of the molecule is CCCN(CC(=O)NC)S(=O)(=O)N1CCCCC1C. The van der Waals surface area contributed by atoms with Crippen LogP contribution in [0, 0.1) is 0 Å². The van der Waals surface area contributed by atoms with Crippen LogP contribution in [0.15, 0.2) is 0 Å². The molecule has 1 atom stereocenters. The van der Waals surface area contributed by atoms with Gasteiger partial charge in [-0.05, 0) is 26.2 Å². The number of piperidine rings is 1. The Morgan fingerprint density at radius 1 is 1.42 bits per heavy atom. The average molecular weight is 291 g/mol. The standard InChI is InChI=1S/C12H25N3O3S/c1-4-8-14(10-12(16)13-3)19(17,18)15-9-6-5-7-11(15)2/h11H,4-10H2,1-3H3,(H,13,16). The van der Waals surface area contributed by atoms with E-state index in [0.29, 0.717) is 19.5 Å². The predicted molar refractivity (Wildman–Crippen MR) is 74.9 cm³/mol. The molecule has 0 spiro atoms. The van der Waals surface area contributed by atoms with Crippen molar-refractivity contribution in [2.45, 2.75) is 45.6 Å². The van der Waals surface area contributed by atoms with Gasteiger partial charge in [0.25, 0.3) is 10.2 Å². The Bertz CT molecular complexity index is 397. The molecule has 0 aromatic rings. The molecule has 1 heterocycles.